The van der Waals surface area contributed by atoms with Crippen LogP contribution in [0.5, 0.6) is 5.75 Å². The number of benzene rings is 1. The summed E-state index contributed by atoms with van der Waals surface area (Å²) in [7, 11) is -0.451. The lowest BCUT2D eigenvalue weighted by atomic mass is 9.77. The van der Waals surface area contributed by atoms with Gasteiger partial charge in [-0.3, -0.25) is 0 Å². The molecule has 4 nitrogen and oxygen atoms in total. The Kier molecular flexibility index (Phi) is 4.54. The lowest BCUT2D eigenvalue weighted by Crippen LogP contribution is -2.41. The van der Waals surface area contributed by atoms with Crippen molar-refractivity contribution in [1.82, 2.24) is 0 Å². The van der Waals surface area contributed by atoms with E-state index >= 15 is 0 Å². The smallest absolute Gasteiger partial charge is 0.491 e. The van der Waals surface area contributed by atoms with Crippen LogP contribution in [0.1, 0.15) is 33.3 Å². The zero-order chi connectivity index (χ0) is 15.8. The molecule has 0 aliphatic carbocycles. The van der Waals surface area contributed by atoms with Crippen LogP contribution in [-0.2, 0) is 9.31 Å². The number of phenols is 1. The van der Waals surface area contributed by atoms with Crippen molar-refractivity contribution in [3.05, 3.63) is 33.7 Å². The first-order chi connectivity index (χ1) is 9.66. The second kappa shape index (κ2) is 5.76. The van der Waals surface area contributed by atoms with Crippen LogP contribution in [0.15, 0.2) is 28.1 Å². The summed E-state index contributed by atoms with van der Waals surface area (Å²) in [6.07, 6.45) is 1.94. The Morgan fingerprint density at radius 1 is 1.29 bits per heavy atom. The molecule has 114 valence electrons. The second-order valence-corrected chi connectivity index (χ2v) is 7.08. The number of rotatable bonds is 3. The summed E-state index contributed by atoms with van der Waals surface area (Å²) in [6, 6.07) is 5.28. The van der Waals surface area contributed by atoms with Crippen LogP contribution in [0.2, 0.25) is 0 Å². The van der Waals surface area contributed by atoms with Gasteiger partial charge in [0.2, 0.25) is 0 Å². The van der Waals surface area contributed by atoms with Crippen molar-refractivity contribution in [3.63, 3.8) is 0 Å². The summed E-state index contributed by atoms with van der Waals surface area (Å²) in [5.74, 6) is 0.206. The molecule has 0 amide bonds. The van der Waals surface area contributed by atoms with E-state index in [0.717, 1.165) is 11.0 Å². The van der Waals surface area contributed by atoms with Crippen LogP contribution in [0.25, 0.3) is 6.08 Å². The van der Waals surface area contributed by atoms with Crippen LogP contribution in [-0.4, -0.2) is 30.0 Å². The van der Waals surface area contributed by atoms with Gasteiger partial charge in [0.25, 0.3) is 0 Å². The van der Waals surface area contributed by atoms with Crippen molar-refractivity contribution < 1.29 is 14.4 Å². The maximum absolute atomic E-state index is 9.54. The highest BCUT2D eigenvalue weighted by atomic mass is 79.9. The van der Waals surface area contributed by atoms with E-state index in [1.165, 1.54) is 0 Å². The van der Waals surface area contributed by atoms with Gasteiger partial charge in [0.05, 0.1) is 15.7 Å². The Morgan fingerprint density at radius 3 is 2.33 bits per heavy atom. The third kappa shape index (κ3) is 3.34. The summed E-state index contributed by atoms with van der Waals surface area (Å²) in [5.41, 5.74) is 6.87. The van der Waals surface area contributed by atoms with E-state index in [-0.39, 0.29) is 17.0 Å². The molecule has 1 aliphatic heterocycles. The molecule has 0 bridgehead atoms. The minimum absolute atomic E-state index is 0.206. The summed E-state index contributed by atoms with van der Waals surface area (Å²) in [4.78, 5) is 0. The van der Waals surface area contributed by atoms with Crippen molar-refractivity contribution in [3.8, 4) is 5.75 Å². The number of hydrogen-bond donors (Lipinski definition) is 2. The molecule has 1 fully saturated rings. The monoisotopic (exact) mass is 353 g/mol. The standard InChI is InChI=1S/C15H21BBrNO3/c1-14(2)15(3,4)21-16(20-14)11(9-18)7-10-5-6-13(19)12(17)8-10/h5-8,19H,9,18H2,1-4H3. The van der Waals surface area contributed by atoms with Gasteiger partial charge in [0.15, 0.2) is 0 Å². The molecular formula is C15H21BBrNO3. The van der Waals surface area contributed by atoms with Crippen LogP contribution in [0.3, 0.4) is 0 Å². The number of nitrogens with two attached hydrogens (primary N) is 1. The van der Waals surface area contributed by atoms with Crippen LogP contribution >= 0.6 is 15.9 Å². The minimum atomic E-state index is -0.451. The molecule has 3 N–H and O–H groups in total. The highest BCUT2D eigenvalue weighted by molar-refractivity contribution is 9.10. The highest BCUT2D eigenvalue weighted by Crippen LogP contribution is 2.38. The van der Waals surface area contributed by atoms with Crippen molar-refractivity contribution in [2.45, 2.75) is 38.9 Å². The zero-order valence-corrected chi connectivity index (χ0v) is 14.4. The highest BCUT2D eigenvalue weighted by Gasteiger charge is 2.52. The molecule has 6 heteroatoms. The largest absolute Gasteiger partial charge is 0.507 e. The van der Waals surface area contributed by atoms with Gasteiger partial charge in [-0.2, -0.15) is 0 Å². The second-order valence-electron chi connectivity index (χ2n) is 6.22. The minimum Gasteiger partial charge on any atom is -0.507 e. The van der Waals surface area contributed by atoms with E-state index < -0.39 is 7.12 Å². The number of aromatic hydroxyl groups is 1. The lowest BCUT2D eigenvalue weighted by molar-refractivity contribution is 0.00578. The van der Waals surface area contributed by atoms with Crippen molar-refractivity contribution in [2.24, 2.45) is 5.73 Å². The van der Waals surface area contributed by atoms with E-state index in [9.17, 15) is 5.11 Å². The fourth-order valence-corrected chi connectivity index (χ4v) is 2.44. The number of hydrogen-bond acceptors (Lipinski definition) is 4. The van der Waals surface area contributed by atoms with Crippen LogP contribution in [0.4, 0.5) is 0 Å². The van der Waals surface area contributed by atoms with Gasteiger partial charge in [-0.15, -0.1) is 0 Å². The first kappa shape index (κ1) is 16.6. The molecule has 0 aromatic heterocycles. The summed E-state index contributed by atoms with van der Waals surface area (Å²) in [6.45, 7) is 8.39. The van der Waals surface area contributed by atoms with E-state index in [4.69, 9.17) is 15.0 Å². The van der Waals surface area contributed by atoms with Crippen molar-refractivity contribution in [1.29, 1.82) is 0 Å². The van der Waals surface area contributed by atoms with Gasteiger partial charge < -0.3 is 20.1 Å². The Hall–Kier alpha value is -0.815. The van der Waals surface area contributed by atoms with Gasteiger partial charge in [0, 0.05) is 6.54 Å². The molecule has 2 rings (SSSR count). The Balaban J connectivity index is 2.28. The molecule has 21 heavy (non-hydrogen) atoms. The summed E-state index contributed by atoms with van der Waals surface area (Å²) >= 11 is 3.30. The molecule has 1 aromatic carbocycles. The molecule has 0 unspecified atom stereocenters. The molecule has 1 heterocycles. The Labute approximate surface area is 134 Å². The zero-order valence-electron chi connectivity index (χ0n) is 12.8. The fraction of sp³-hybridized carbons (Fsp3) is 0.467. The molecule has 0 radical (unpaired) electrons. The molecular weight excluding hydrogens is 333 g/mol. The molecule has 1 aliphatic rings. The Bertz CT molecular complexity index is 556. The third-order valence-electron chi connectivity index (χ3n) is 4.12. The third-order valence-corrected chi connectivity index (χ3v) is 4.75. The SMILES string of the molecule is CC1(C)OB(C(=Cc2ccc(O)c(Br)c2)CN)OC1(C)C. The quantitative estimate of drug-likeness (QED) is 0.819. The van der Waals surface area contributed by atoms with Gasteiger partial charge in [-0.25, -0.2) is 0 Å². The average Bonchev–Trinajstić information content (AvgIpc) is 2.59. The van der Waals surface area contributed by atoms with Crippen molar-refractivity contribution >= 4 is 29.1 Å². The number of halogens is 1. The maximum atomic E-state index is 9.54. The fourth-order valence-electron chi connectivity index (χ4n) is 2.04. The van der Waals surface area contributed by atoms with Gasteiger partial charge in [-0.05, 0) is 66.8 Å². The van der Waals surface area contributed by atoms with E-state index in [1.54, 1.807) is 6.07 Å². The van der Waals surface area contributed by atoms with Crippen LogP contribution in [0, 0.1) is 0 Å². The maximum Gasteiger partial charge on any atom is 0.491 e. The average molecular weight is 354 g/mol. The molecule has 0 atom stereocenters. The summed E-state index contributed by atoms with van der Waals surface area (Å²) in [5, 5.41) is 9.54. The molecule has 1 saturated heterocycles. The first-order valence-corrected chi connectivity index (χ1v) is 7.70. The van der Waals surface area contributed by atoms with E-state index in [1.807, 2.05) is 45.9 Å². The molecule has 1 aromatic rings. The van der Waals surface area contributed by atoms with E-state index in [0.29, 0.717) is 11.0 Å². The van der Waals surface area contributed by atoms with E-state index in [2.05, 4.69) is 15.9 Å². The topological polar surface area (TPSA) is 64.7 Å². The number of phenolic OH excluding ortho intramolecular Hbond substituents is 1. The Morgan fingerprint density at radius 2 is 1.86 bits per heavy atom. The van der Waals surface area contributed by atoms with Crippen LogP contribution < -0.4 is 5.73 Å². The molecule has 0 saturated carbocycles. The van der Waals surface area contributed by atoms with Gasteiger partial charge in [0.1, 0.15) is 5.75 Å². The van der Waals surface area contributed by atoms with Crippen molar-refractivity contribution in [2.75, 3.05) is 6.54 Å². The predicted octanol–water partition coefficient (Wildman–Crippen LogP) is 3.13. The molecule has 0 spiro atoms. The van der Waals surface area contributed by atoms with Gasteiger partial charge >= 0.3 is 7.12 Å². The lowest BCUT2D eigenvalue weighted by Gasteiger charge is -2.32. The normalized spacial score (nSPS) is 20.9. The summed E-state index contributed by atoms with van der Waals surface area (Å²) < 4.78 is 12.7. The van der Waals surface area contributed by atoms with Gasteiger partial charge in [-0.1, -0.05) is 12.1 Å². The first-order valence-electron chi connectivity index (χ1n) is 6.91. The predicted molar refractivity (Wildman–Crippen MR) is 88.9 cm³/mol.